The molecule has 7 nitrogen and oxygen atoms in total. The molecule has 0 bridgehead atoms. The van der Waals surface area contributed by atoms with Crippen LogP contribution in [0.5, 0.6) is 0 Å². The Morgan fingerprint density at radius 3 is 2.19 bits per heavy atom. The van der Waals surface area contributed by atoms with E-state index in [0.717, 1.165) is 44.9 Å². The molecule has 0 radical (unpaired) electrons. The zero-order valence-corrected chi connectivity index (χ0v) is 19.0. The first-order chi connectivity index (χ1) is 15.4. The molecule has 0 spiro atoms. The van der Waals surface area contributed by atoms with Gasteiger partial charge in [-0.15, -0.1) is 0 Å². The first-order valence-corrected chi connectivity index (χ1v) is 12.6. The van der Waals surface area contributed by atoms with Crippen LogP contribution in [0.1, 0.15) is 65.7 Å². The lowest BCUT2D eigenvalue weighted by Gasteiger charge is -2.30. The number of anilines is 1. The largest absolute Gasteiger partial charge is 0.349 e. The summed E-state index contributed by atoms with van der Waals surface area (Å²) in [7, 11) is -1.98. The monoisotopic (exact) mass is 455 g/mol. The molecule has 2 aliphatic rings. The minimum atomic E-state index is -3.61. The van der Waals surface area contributed by atoms with E-state index in [4.69, 9.17) is 0 Å². The normalized spacial score (nSPS) is 17.2. The molecular formula is C24H29N3O4S. The van der Waals surface area contributed by atoms with Gasteiger partial charge in [0, 0.05) is 24.7 Å². The topological polar surface area (TPSA) is 95.6 Å². The van der Waals surface area contributed by atoms with Gasteiger partial charge < -0.3 is 10.6 Å². The highest BCUT2D eigenvalue weighted by molar-refractivity contribution is 7.89. The maximum absolute atomic E-state index is 13.0. The highest BCUT2D eigenvalue weighted by Crippen LogP contribution is 2.27. The molecule has 2 amide bonds. The van der Waals surface area contributed by atoms with Crippen molar-refractivity contribution in [3.63, 3.8) is 0 Å². The summed E-state index contributed by atoms with van der Waals surface area (Å²) in [6, 6.07) is 13.0. The number of para-hydroxylation sites is 1. The first kappa shape index (κ1) is 22.5. The Morgan fingerprint density at radius 2 is 1.53 bits per heavy atom. The first-order valence-electron chi connectivity index (χ1n) is 11.2. The minimum absolute atomic E-state index is 0.0232. The highest BCUT2D eigenvalue weighted by Gasteiger charge is 2.29. The van der Waals surface area contributed by atoms with Crippen LogP contribution in [0.3, 0.4) is 0 Å². The third kappa shape index (κ3) is 5.02. The Bertz CT molecular complexity index is 1090. The number of nitrogens with one attached hydrogen (secondary N) is 2. The Labute approximate surface area is 189 Å². The second kappa shape index (κ2) is 9.42. The molecule has 2 fully saturated rings. The summed E-state index contributed by atoms with van der Waals surface area (Å²) in [4.78, 5) is 25.4. The molecule has 0 unspecified atom stereocenters. The molecule has 2 aromatic carbocycles. The molecule has 0 aromatic heterocycles. The summed E-state index contributed by atoms with van der Waals surface area (Å²) < 4.78 is 27.5. The van der Waals surface area contributed by atoms with Gasteiger partial charge in [-0.05, 0) is 62.1 Å². The lowest BCUT2D eigenvalue weighted by molar-refractivity contribution is 0.0952. The molecule has 4 rings (SSSR count). The molecular weight excluding hydrogens is 426 g/mol. The van der Waals surface area contributed by atoms with Gasteiger partial charge in [0.25, 0.3) is 11.8 Å². The van der Waals surface area contributed by atoms with Crippen molar-refractivity contribution in [2.45, 2.75) is 61.9 Å². The fraction of sp³-hybridized carbons (Fsp3) is 0.417. The molecule has 0 atom stereocenters. The van der Waals surface area contributed by atoms with E-state index >= 15 is 0 Å². The number of benzene rings is 2. The molecule has 2 saturated carbocycles. The standard InChI is InChI=1S/C24H29N3O4S/c1-27(19-7-3-2-4-8-19)32(30,31)20-15-11-17(12-16-20)23(28)26-22-10-6-5-9-21(22)24(29)25-18-13-14-18/h5-6,9-12,15-16,18-19H,2-4,7-8,13-14H2,1H3,(H,25,29)(H,26,28). The van der Waals surface area contributed by atoms with Crippen LogP contribution < -0.4 is 10.6 Å². The lowest BCUT2D eigenvalue weighted by Crippen LogP contribution is -2.38. The van der Waals surface area contributed by atoms with Crippen molar-refractivity contribution in [3.8, 4) is 0 Å². The van der Waals surface area contributed by atoms with E-state index in [1.807, 2.05) is 0 Å². The zero-order chi connectivity index (χ0) is 22.7. The van der Waals surface area contributed by atoms with Crippen LogP contribution in [0, 0.1) is 0 Å². The maximum atomic E-state index is 13.0. The van der Waals surface area contributed by atoms with Gasteiger partial charge >= 0.3 is 0 Å². The average Bonchev–Trinajstić information content (AvgIpc) is 3.63. The van der Waals surface area contributed by atoms with E-state index in [2.05, 4.69) is 10.6 Å². The van der Waals surface area contributed by atoms with Crippen LogP contribution in [-0.4, -0.2) is 43.7 Å². The third-order valence-electron chi connectivity index (χ3n) is 6.21. The van der Waals surface area contributed by atoms with Crippen molar-refractivity contribution in [1.82, 2.24) is 9.62 Å². The van der Waals surface area contributed by atoms with E-state index in [9.17, 15) is 18.0 Å². The summed E-state index contributed by atoms with van der Waals surface area (Å²) in [5.41, 5.74) is 1.15. The summed E-state index contributed by atoms with van der Waals surface area (Å²) in [6.07, 6.45) is 6.96. The van der Waals surface area contributed by atoms with Crippen LogP contribution >= 0.6 is 0 Å². The van der Waals surface area contributed by atoms with Crippen molar-refractivity contribution < 1.29 is 18.0 Å². The van der Waals surface area contributed by atoms with Gasteiger partial charge in [0.1, 0.15) is 0 Å². The summed E-state index contributed by atoms with van der Waals surface area (Å²) in [5.74, 6) is -0.614. The third-order valence-corrected chi connectivity index (χ3v) is 8.14. The molecule has 0 heterocycles. The Balaban J connectivity index is 1.46. The second-order valence-corrected chi connectivity index (χ2v) is 10.6. The van der Waals surface area contributed by atoms with Crippen LogP contribution in [0.4, 0.5) is 5.69 Å². The SMILES string of the molecule is CN(C1CCCCC1)S(=O)(=O)c1ccc(C(=O)Nc2ccccc2C(=O)NC2CC2)cc1. The number of amides is 2. The number of carbonyl (C=O) groups excluding carboxylic acids is 2. The molecule has 170 valence electrons. The van der Waals surface area contributed by atoms with Gasteiger partial charge in [-0.3, -0.25) is 9.59 Å². The van der Waals surface area contributed by atoms with Gasteiger partial charge in [-0.25, -0.2) is 8.42 Å². The predicted molar refractivity (Wildman–Crippen MR) is 123 cm³/mol. The fourth-order valence-corrected chi connectivity index (χ4v) is 5.48. The van der Waals surface area contributed by atoms with Crippen LogP contribution in [-0.2, 0) is 10.0 Å². The second-order valence-electron chi connectivity index (χ2n) is 8.58. The Morgan fingerprint density at radius 1 is 0.875 bits per heavy atom. The Kier molecular flexibility index (Phi) is 6.62. The van der Waals surface area contributed by atoms with Gasteiger partial charge in [-0.2, -0.15) is 4.31 Å². The number of sulfonamides is 1. The highest BCUT2D eigenvalue weighted by atomic mass is 32.2. The number of hydrogen-bond acceptors (Lipinski definition) is 4. The molecule has 32 heavy (non-hydrogen) atoms. The molecule has 2 aliphatic carbocycles. The molecule has 2 aromatic rings. The van der Waals surface area contributed by atoms with Crippen molar-refractivity contribution in [1.29, 1.82) is 0 Å². The number of hydrogen-bond donors (Lipinski definition) is 2. The van der Waals surface area contributed by atoms with E-state index in [-0.39, 0.29) is 22.9 Å². The predicted octanol–water partition coefficient (Wildman–Crippen LogP) is 3.78. The van der Waals surface area contributed by atoms with E-state index in [0.29, 0.717) is 16.8 Å². The summed E-state index contributed by atoms with van der Waals surface area (Å²) in [5, 5.41) is 5.70. The fourth-order valence-electron chi connectivity index (χ4n) is 4.06. The number of nitrogens with zero attached hydrogens (tertiary/aromatic N) is 1. The van der Waals surface area contributed by atoms with Crippen LogP contribution in [0.15, 0.2) is 53.4 Å². The Hall–Kier alpha value is -2.71. The van der Waals surface area contributed by atoms with Crippen molar-refractivity contribution >= 4 is 27.5 Å². The molecule has 0 aliphatic heterocycles. The van der Waals surface area contributed by atoms with E-state index in [1.54, 1.807) is 31.3 Å². The van der Waals surface area contributed by atoms with Crippen molar-refractivity contribution in [3.05, 3.63) is 59.7 Å². The van der Waals surface area contributed by atoms with Crippen molar-refractivity contribution in [2.75, 3.05) is 12.4 Å². The molecule has 0 saturated heterocycles. The van der Waals surface area contributed by atoms with E-state index in [1.165, 1.54) is 28.6 Å². The van der Waals surface area contributed by atoms with Crippen LogP contribution in [0.25, 0.3) is 0 Å². The summed E-state index contributed by atoms with van der Waals surface area (Å²) in [6.45, 7) is 0. The van der Waals surface area contributed by atoms with Gasteiger partial charge in [0.2, 0.25) is 10.0 Å². The summed E-state index contributed by atoms with van der Waals surface area (Å²) >= 11 is 0. The molecule has 8 heteroatoms. The van der Waals surface area contributed by atoms with Gasteiger partial charge in [-0.1, -0.05) is 31.4 Å². The van der Waals surface area contributed by atoms with Gasteiger partial charge in [0.05, 0.1) is 16.1 Å². The number of carbonyl (C=O) groups is 2. The molecule has 2 N–H and O–H groups in total. The maximum Gasteiger partial charge on any atom is 0.255 e. The lowest BCUT2D eigenvalue weighted by atomic mass is 9.96. The van der Waals surface area contributed by atoms with Gasteiger partial charge in [0.15, 0.2) is 0 Å². The minimum Gasteiger partial charge on any atom is -0.349 e. The average molecular weight is 456 g/mol. The number of rotatable bonds is 7. The van der Waals surface area contributed by atoms with E-state index < -0.39 is 15.9 Å². The smallest absolute Gasteiger partial charge is 0.255 e. The zero-order valence-electron chi connectivity index (χ0n) is 18.2. The quantitative estimate of drug-likeness (QED) is 0.664. The van der Waals surface area contributed by atoms with Crippen molar-refractivity contribution in [2.24, 2.45) is 0 Å². The van der Waals surface area contributed by atoms with Crippen LogP contribution in [0.2, 0.25) is 0 Å².